The van der Waals surface area contributed by atoms with Crippen molar-refractivity contribution in [1.29, 1.82) is 0 Å². The lowest BCUT2D eigenvalue weighted by atomic mass is 9.85. The fourth-order valence-corrected chi connectivity index (χ4v) is 6.16. The van der Waals surface area contributed by atoms with Gasteiger partial charge in [-0.15, -0.1) is 0 Å². The van der Waals surface area contributed by atoms with E-state index >= 15 is 0 Å². The first kappa shape index (κ1) is 24.3. The lowest BCUT2D eigenvalue weighted by Gasteiger charge is -2.34. The summed E-state index contributed by atoms with van der Waals surface area (Å²) in [5.74, 6) is 0.285. The number of anilines is 1. The summed E-state index contributed by atoms with van der Waals surface area (Å²) in [6, 6.07) is 14.9. The van der Waals surface area contributed by atoms with Gasteiger partial charge in [0.2, 0.25) is 0 Å². The maximum Gasteiger partial charge on any atom is 0.414 e. The number of aliphatic carboxylic acids is 1. The molecule has 7 nitrogen and oxygen atoms in total. The summed E-state index contributed by atoms with van der Waals surface area (Å²) in [6.07, 6.45) is 5.28. The number of hydrogen-bond acceptors (Lipinski definition) is 4. The zero-order valence-electron chi connectivity index (χ0n) is 21.3. The van der Waals surface area contributed by atoms with Crippen LogP contribution in [0.5, 0.6) is 0 Å². The molecule has 5 rings (SSSR count). The molecule has 1 aliphatic carbocycles. The second-order valence-electron chi connectivity index (χ2n) is 10.4. The highest BCUT2D eigenvalue weighted by Crippen LogP contribution is 2.41. The van der Waals surface area contributed by atoms with Crippen molar-refractivity contribution < 1.29 is 19.4 Å². The smallest absolute Gasteiger partial charge is 0.414 e. The van der Waals surface area contributed by atoms with E-state index in [0.717, 1.165) is 60.2 Å². The van der Waals surface area contributed by atoms with Gasteiger partial charge in [-0.05, 0) is 69.6 Å². The van der Waals surface area contributed by atoms with Crippen molar-refractivity contribution >= 4 is 28.8 Å². The van der Waals surface area contributed by atoms with Crippen molar-refractivity contribution in [3.8, 4) is 0 Å². The Kier molecular flexibility index (Phi) is 6.73. The van der Waals surface area contributed by atoms with Crippen LogP contribution in [-0.4, -0.2) is 39.9 Å². The van der Waals surface area contributed by atoms with Crippen LogP contribution >= 0.6 is 0 Å². The highest BCUT2D eigenvalue weighted by molar-refractivity contribution is 5.95. The number of methoxy groups -OCH3 is 1. The summed E-state index contributed by atoms with van der Waals surface area (Å²) in [5.41, 5.74) is 5.30. The minimum atomic E-state index is -0.687. The van der Waals surface area contributed by atoms with Crippen molar-refractivity contribution in [2.45, 2.75) is 76.8 Å². The third-order valence-electron chi connectivity index (χ3n) is 8.09. The number of benzene rings is 2. The molecule has 1 amide bonds. The molecular weight excluding hydrogens is 454 g/mol. The van der Waals surface area contributed by atoms with E-state index in [0.29, 0.717) is 12.8 Å². The van der Waals surface area contributed by atoms with Crippen LogP contribution < -0.4 is 4.90 Å². The average Bonchev–Trinajstić information content (AvgIpc) is 3.29. The molecule has 2 aliphatic rings. The average molecular weight is 490 g/mol. The van der Waals surface area contributed by atoms with E-state index in [1.54, 1.807) is 4.90 Å². The molecule has 7 heteroatoms. The van der Waals surface area contributed by atoms with Crippen LogP contribution in [0.2, 0.25) is 0 Å². The van der Waals surface area contributed by atoms with Crippen LogP contribution in [0.4, 0.5) is 10.5 Å². The van der Waals surface area contributed by atoms with Crippen molar-refractivity contribution in [1.82, 2.24) is 9.55 Å². The van der Waals surface area contributed by atoms with Gasteiger partial charge in [0.1, 0.15) is 5.82 Å². The molecule has 0 bridgehead atoms. The van der Waals surface area contributed by atoms with Gasteiger partial charge in [-0.25, -0.2) is 9.78 Å². The number of carbonyl (C=O) groups is 2. The Morgan fingerprint density at radius 3 is 2.47 bits per heavy atom. The Morgan fingerprint density at radius 1 is 1.08 bits per heavy atom. The Hall–Kier alpha value is -3.35. The van der Waals surface area contributed by atoms with Gasteiger partial charge in [-0.1, -0.05) is 37.3 Å². The van der Waals surface area contributed by atoms with E-state index in [1.165, 1.54) is 12.7 Å². The molecule has 0 saturated heterocycles. The van der Waals surface area contributed by atoms with Crippen molar-refractivity contribution in [2.24, 2.45) is 5.92 Å². The van der Waals surface area contributed by atoms with E-state index < -0.39 is 5.97 Å². The van der Waals surface area contributed by atoms with E-state index in [4.69, 9.17) is 9.72 Å². The molecule has 2 atom stereocenters. The normalized spacial score (nSPS) is 22.8. The number of ether oxygens (including phenoxy) is 1. The lowest BCUT2D eigenvalue weighted by molar-refractivity contribution is -0.143. The fraction of sp³-hybridized carbons (Fsp3) is 0.483. The molecule has 36 heavy (non-hydrogen) atoms. The minimum Gasteiger partial charge on any atom is -0.481 e. The number of hydrogen-bond donors (Lipinski definition) is 1. The molecule has 2 heterocycles. The predicted molar refractivity (Wildman–Crippen MR) is 140 cm³/mol. The number of aryl methyl sites for hydroxylation is 1. The van der Waals surface area contributed by atoms with Crippen LogP contribution in [-0.2, 0) is 22.4 Å². The van der Waals surface area contributed by atoms with Crippen molar-refractivity contribution in [3.05, 3.63) is 59.4 Å². The Labute approximate surface area is 212 Å². The van der Waals surface area contributed by atoms with Gasteiger partial charge < -0.3 is 14.4 Å². The highest BCUT2D eigenvalue weighted by Gasteiger charge is 2.34. The van der Waals surface area contributed by atoms with E-state index in [9.17, 15) is 14.7 Å². The van der Waals surface area contributed by atoms with Gasteiger partial charge in [0.05, 0.1) is 29.7 Å². The van der Waals surface area contributed by atoms with Gasteiger partial charge in [0.25, 0.3) is 0 Å². The molecule has 1 saturated carbocycles. The van der Waals surface area contributed by atoms with Gasteiger partial charge in [-0.3, -0.25) is 9.69 Å². The molecule has 1 aromatic heterocycles. The summed E-state index contributed by atoms with van der Waals surface area (Å²) in [5, 5.41) is 9.52. The molecule has 1 N–H and O–H groups in total. The van der Waals surface area contributed by atoms with Crippen LogP contribution in [0.1, 0.15) is 74.9 Å². The highest BCUT2D eigenvalue weighted by atomic mass is 16.5. The predicted octanol–water partition coefficient (Wildman–Crippen LogP) is 6.11. The maximum absolute atomic E-state index is 12.6. The molecule has 0 radical (unpaired) electrons. The van der Waals surface area contributed by atoms with E-state index in [-0.39, 0.29) is 30.0 Å². The summed E-state index contributed by atoms with van der Waals surface area (Å²) < 4.78 is 7.49. The quantitative estimate of drug-likeness (QED) is 0.468. The summed E-state index contributed by atoms with van der Waals surface area (Å²) in [7, 11) is 1.42. The number of carboxylic acids is 1. The summed E-state index contributed by atoms with van der Waals surface area (Å²) in [6.45, 7) is 4.28. The van der Waals surface area contributed by atoms with Gasteiger partial charge in [0.15, 0.2) is 0 Å². The molecular formula is C29H35N3O4. The molecule has 1 aliphatic heterocycles. The lowest BCUT2D eigenvalue weighted by Crippen LogP contribution is -2.42. The van der Waals surface area contributed by atoms with Gasteiger partial charge in [-0.2, -0.15) is 0 Å². The zero-order valence-corrected chi connectivity index (χ0v) is 21.3. The van der Waals surface area contributed by atoms with E-state index in [2.05, 4.69) is 48.7 Å². The van der Waals surface area contributed by atoms with Crippen LogP contribution in [0.15, 0.2) is 42.5 Å². The number of imidazole rings is 1. The molecule has 1 unspecified atom stereocenters. The second kappa shape index (κ2) is 9.96. The number of aromatic nitrogens is 2. The monoisotopic (exact) mass is 489 g/mol. The number of fused-ring (bicyclic) bond motifs is 3. The molecule has 2 aromatic carbocycles. The van der Waals surface area contributed by atoms with Crippen LogP contribution in [0.25, 0.3) is 11.0 Å². The van der Waals surface area contributed by atoms with Crippen LogP contribution in [0.3, 0.4) is 0 Å². The number of nitrogens with zero attached hydrogens (tertiary/aromatic N) is 3. The first-order chi connectivity index (χ1) is 17.4. The zero-order chi connectivity index (χ0) is 25.4. The largest absolute Gasteiger partial charge is 0.481 e. The first-order valence-corrected chi connectivity index (χ1v) is 13.1. The topological polar surface area (TPSA) is 84.7 Å². The standard InChI is InChI=1S/C29H35N3O4/c1-18(17-20-7-5-4-6-8-20)27-30-26-23-14-9-19(2)31(29(35)36-3)24(23)15-16-25(26)32(27)22-12-10-21(11-13-22)28(33)34/h4-8,15-16,18-19,21-22H,9-14,17H2,1-3H3,(H,33,34)/t18?,19-,21-,22-/m0/s1. The SMILES string of the molecule is COC(=O)N1c2ccc3c(nc(C(C)Cc4ccccc4)n3[C@H]3CC[C@H](C(=O)O)CC3)c2CC[C@@H]1C. The van der Waals surface area contributed by atoms with Crippen LogP contribution in [0, 0.1) is 5.92 Å². The van der Waals surface area contributed by atoms with E-state index in [1.807, 2.05) is 12.1 Å². The van der Waals surface area contributed by atoms with Gasteiger partial charge in [0, 0.05) is 23.6 Å². The third-order valence-corrected chi connectivity index (χ3v) is 8.09. The number of rotatable bonds is 5. The van der Waals surface area contributed by atoms with Gasteiger partial charge >= 0.3 is 12.1 Å². The summed E-state index contributed by atoms with van der Waals surface area (Å²) in [4.78, 5) is 31.2. The Balaban J connectivity index is 1.60. The first-order valence-electron chi connectivity index (χ1n) is 13.1. The fourth-order valence-electron chi connectivity index (χ4n) is 6.16. The van der Waals surface area contributed by atoms with Crippen molar-refractivity contribution in [3.63, 3.8) is 0 Å². The molecule has 3 aromatic rings. The Morgan fingerprint density at radius 2 is 1.81 bits per heavy atom. The number of amides is 1. The number of carboxylic acid groups (broad SMARTS) is 1. The second-order valence-corrected chi connectivity index (χ2v) is 10.4. The van der Waals surface area contributed by atoms with Crippen molar-refractivity contribution in [2.75, 3.05) is 12.0 Å². The third kappa shape index (κ3) is 4.36. The number of carbonyl (C=O) groups excluding carboxylic acids is 1. The molecule has 190 valence electrons. The Bertz CT molecular complexity index is 1260. The molecule has 1 fully saturated rings. The maximum atomic E-state index is 12.6. The summed E-state index contributed by atoms with van der Waals surface area (Å²) >= 11 is 0. The minimum absolute atomic E-state index is 0.0623. The molecule has 0 spiro atoms.